The van der Waals surface area contributed by atoms with Gasteiger partial charge in [0.25, 0.3) is 0 Å². The van der Waals surface area contributed by atoms with Crippen LogP contribution in [-0.4, -0.2) is 24.3 Å². The largest absolute Gasteiger partial charge is 0.458 e. The molecule has 1 aliphatic heterocycles. The fourth-order valence-corrected chi connectivity index (χ4v) is 8.71. The SMILES string of the molecule is CC[C@]12CCC3C4CCC(=NC)C=C4CCC3C1[C@@H](C)CC21CCC(=O)O1. The summed E-state index contributed by atoms with van der Waals surface area (Å²) in [5.41, 5.74) is 3.11. The number of nitrogens with zero attached hydrogens (tertiary/aromatic N) is 1. The second-order valence-corrected chi connectivity index (χ2v) is 10.2. The van der Waals surface area contributed by atoms with E-state index in [-0.39, 0.29) is 17.0 Å². The lowest BCUT2D eigenvalue weighted by molar-refractivity contribution is -0.170. The van der Waals surface area contributed by atoms with Crippen molar-refractivity contribution in [3.63, 3.8) is 0 Å². The Hall–Kier alpha value is -1.12. The number of ether oxygens (including phenoxy) is 1. The van der Waals surface area contributed by atoms with Crippen molar-refractivity contribution in [2.24, 2.45) is 40.0 Å². The Morgan fingerprint density at radius 2 is 2.00 bits per heavy atom. The van der Waals surface area contributed by atoms with Crippen molar-refractivity contribution in [3.8, 4) is 0 Å². The molecule has 4 fully saturated rings. The molecule has 3 nitrogen and oxygen atoms in total. The van der Waals surface area contributed by atoms with Crippen LogP contribution in [0.1, 0.15) is 78.1 Å². The summed E-state index contributed by atoms with van der Waals surface area (Å²) in [7, 11) is 1.94. The van der Waals surface area contributed by atoms with E-state index >= 15 is 0 Å². The van der Waals surface area contributed by atoms with Crippen molar-refractivity contribution < 1.29 is 9.53 Å². The highest BCUT2D eigenvalue weighted by atomic mass is 16.6. The number of allylic oxidation sites excluding steroid dienone is 2. The summed E-state index contributed by atoms with van der Waals surface area (Å²) < 4.78 is 6.19. The van der Waals surface area contributed by atoms with Crippen molar-refractivity contribution in [1.82, 2.24) is 0 Å². The Morgan fingerprint density at radius 3 is 2.70 bits per heavy atom. The van der Waals surface area contributed by atoms with E-state index in [1.165, 1.54) is 44.2 Å². The van der Waals surface area contributed by atoms with E-state index in [1.54, 1.807) is 5.57 Å². The zero-order chi connectivity index (χ0) is 18.8. The van der Waals surface area contributed by atoms with Gasteiger partial charge in [0.2, 0.25) is 0 Å². The number of carbonyl (C=O) groups is 1. The Kier molecular flexibility index (Phi) is 4.11. The summed E-state index contributed by atoms with van der Waals surface area (Å²) >= 11 is 0. The van der Waals surface area contributed by atoms with Gasteiger partial charge in [-0.2, -0.15) is 0 Å². The van der Waals surface area contributed by atoms with E-state index in [1.807, 2.05) is 7.05 Å². The van der Waals surface area contributed by atoms with Crippen molar-refractivity contribution in [2.75, 3.05) is 7.05 Å². The highest BCUT2D eigenvalue weighted by Gasteiger charge is 2.69. The van der Waals surface area contributed by atoms with E-state index in [0.29, 0.717) is 12.3 Å². The average molecular weight is 370 g/mol. The zero-order valence-corrected chi connectivity index (χ0v) is 17.3. The number of rotatable bonds is 1. The summed E-state index contributed by atoms with van der Waals surface area (Å²) in [6.07, 6.45) is 14.0. The molecule has 7 atom stereocenters. The highest BCUT2D eigenvalue weighted by molar-refractivity contribution is 5.96. The number of hydrogen-bond acceptors (Lipinski definition) is 3. The molecule has 0 bridgehead atoms. The molecular formula is C24H35NO2. The van der Waals surface area contributed by atoms with Gasteiger partial charge in [-0.25, -0.2) is 0 Å². The summed E-state index contributed by atoms with van der Waals surface area (Å²) in [5, 5.41) is 0. The maximum absolute atomic E-state index is 12.1. The van der Waals surface area contributed by atoms with Gasteiger partial charge in [0, 0.05) is 24.6 Å². The average Bonchev–Trinajstić information content (AvgIpc) is 3.18. The van der Waals surface area contributed by atoms with Gasteiger partial charge in [0.05, 0.1) is 0 Å². The first-order chi connectivity index (χ1) is 13.0. The predicted octanol–water partition coefficient (Wildman–Crippen LogP) is 5.34. The molecule has 4 aliphatic carbocycles. The fraction of sp³-hybridized carbons (Fsp3) is 0.833. The summed E-state index contributed by atoms with van der Waals surface area (Å²) in [6.45, 7) is 4.84. The van der Waals surface area contributed by atoms with Crippen LogP contribution in [0.25, 0.3) is 0 Å². The van der Waals surface area contributed by atoms with Gasteiger partial charge in [0.1, 0.15) is 5.60 Å². The van der Waals surface area contributed by atoms with E-state index in [4.69, 9.17) is 4.74 Å². The number of hydrogen-bond donors (Lipinski definition) is 0. The van der Waals surface area contributed by atoms with Gasteiger partial charge < -0.3 is 4.74 Å². The van der Waals surface area contributed by atoms with E-state index in [2.05, 4.69) is 24.9 Å². The Morgan fingerprint density at radius 1 is 1.15 bits per heavy atom. The summed E-state index contributed by atoms with van der Waals surface area (Å²) in [5.74, 6) is 3.96. The molecule has 1 spiro atoms. The van der Waals surface area contributed by atoms with E-state index in [0.717, 1.165) is 42.9 Å². The Bertz CT molecular complexity index is 709. The van der Waals surface area contributed by atoms with E-state index < -0.39 is 0 Å². The van der Waals surface area contributed by atoms with Gasteiger partial charge >= 0.3 is 5.97 Å². The predicted molar refractivity (Wildman–Crippen MR) is 108 cm³/mol. The fourth-order valence-electron chi connectivity index (χ4n) is 8.71. The quantitative estimate of drug-likeness (QED) is 0.585. The topological polar surface area (TPSA) is 38.7 Å². The second-order valence-electron chi connectivity index (χ2n) is 10.2. The van der Waals surface area contributed by atoms with Crippen LogP contribution in [0.2, 0.25) is 0 Å². The Labute approximate surface area is 164 Å². The number of carbonyl (C=O) groups excluding carboxylic acids is 1. The van der Waals surface area contributed by atoms with Gasteiger partial charge in [-0.05, 0) is 93.5 Å². The second kappa shape index (κ2) is 6.19. The van der Waals surface area contributed by atoms with Crippen LogP contribution in [0.5, 0.6) is 0 Å². The van der Waals surface area contributed by atoms with Crippen molar-refractivity contribution >= 4 is 11.7 Å². The third-order valence-corrected chi connectivity index (χ3v) is 9.53. The third kappa shape index (κ3) is 2.32. The minimum atomic E-state index is -0.140. The van der Waals surface area contributed by atoms with Crippen LogP contribution in [0.15, 0.2) is 16.6 Å². The molecule has 5 aliphatic rings. The molecular weight excluding hydrogens is 334 g/mol. The van der Waals surface area contributed by atoms with Crippen molar-refractivity contribution in [2.45, 2.75) is 83.7 Å². The van der Waals surface area contributed by atoms with Crippen LogP contribution >= 0.6 is 0 Å². The molecule has 1 saturated heterocycles. The third-order valence-electron chi connectivity index (χ3n) is 9.53. The van der Waals surface area contributed by atoms with Crippen LogP contribution in [0, 0.1) is 35.0 Å². The summed E-state index contributed by atoms with van der Waals surface area (Å²) in [6, 6.07) is 0. The molecule has 0 radical (unpaired) electrons. The molecule has 3 heteroatoms. The molecule has 0 N–H and O–H groups in total. The van der Waals surface area contributed by atoms with Crippen molar-refractivity contribution in [3.05, 3.63) is 11.6 Å². The van der Waals surface area contributed by atoms with Crippen LogP contribution in [0.3, 0.4) is 0 Å². The monoisotopic (exact) mass is 369 g/mol. The molecule has 0 aromatic rings. The molecule has 1 heterocycles. The van der Waals surface area contributed by atoms with Crippen LogP contribution < -0.4 is 0 Å². The molecule has 3 saturated carbocycles. The molecule has 0 aromatic carbocycles. The zero-order valence-electron chi connectivity index (χ0n) is 17.3. The highest BCUT2D eigenvalue weighted by Crippen LogP contribution is 2.70. The molecule has 27 heavy (non-hydrogen) atoms. The molecule has 5 rings (SSSR count). The molecule has 148 valence electrons. The van der Waals surface area contributed by atoms with Gasteiger partial charge in [-0.1, -0.05) is 19.4 Å². The van der Waals surface area contributed by atoms with E-state index in [9.17, 15) is 4.79 Å². The minimum Gasteiger partial charge on any atom is -0.458 e. The first kappa shape index (κ1) is 17.9. The normalized spacial score (nSPS) is 50.2. The van der Waals surface area contributed by atoms with Gasteiger partial charge in [0.15, 0.2) is 0 Å². The minimum absolute atomic E-state index is 0.0605. The summed E-state index contributed by atoms with van der Waals surface area (Å²) in [4.78, 5) is 16.6. The number of esters is 1. The van der Waals surface area contributed by atoms with Gasteiger partial charge in [-0.3, -0.25) is 9.79 Å². The van der Waals surface area contributed by atoms with Gasteiger partial charge in [-0.15, -0.1) is 0 Å². The van der Waals surface area contributed by atoms with Crippen LogP contribution in [0.4, 0.5) is 0 Å². The smallest absolute Gasteiger partial charge is 0.306 e. The number of fused-ring (bicyclic) bond motifs is 6. The molecule has 5 unspecified atom stereocenters. The number of aliphatic imine (C=N–C) groups is 1. The first-order valence-corrected chi connectivity index (χ1v) is 11.4. The maximum Gasteiger partial charge on any atom is 0.306 e. The van der Waals surface area contributed by atoms with Crippen LogP contribution in [-0.2, 0) is 9.53 Å². The maximum atomic E-state index is 12.1. The first-order valence-electron chi connectivity index (χ1n) is 11.4. The Balaban J connectivity index is 1.50. The standard InChI is InChI=1S/C24H35NO2/c1-4-23-11-9-19-18-8-6-17(25-3)13-16(18)5-7-20(19)22(23)15(2)14-24(23)12-10-21(26)27-24/h13,15,18-20,22H,4-12,14H2,1-3H3/t15-,18?,19?,20?,22?,23-,24?/m0/s1. The lowest BCUT2D eigenvalue weighted by atomic mass is 9.48. The lowest BCUT2D eigenvalue weighted by Gasteiger charge is -2.57. The molecule has 0 amide bonds. The lowest BCUT2D eigenvalue weighted by Crippen LogP contribution is -2.54. The van der Waals surface area contributed by atoms with Crippen molar-refractivity contribution in [1.29, 1.82) is 0 Å². The molecule has 0 aromatic heterocycles.